The summed E-state index contributed by atoms with van der Waals surface area (Å²) >= 11 is 0. The van der Waals surface area contributed by atoms with E-state index < -0.39 is 0 Å². The molecular formula is C9H11O3. The van der Waals surface area contributed by atoms with Gasteiger partial charge in [0, 0.05) is 6.07 Å². The Morgan fingerprint density at radius 2 is 1.58 bits per heavy atom. The van der Waals surface area contributed by atoms with Crippen LogP contribution in [0.3, 0.4) is 0 Å². The van der Waals surface area contributed by atoms with Gasteiger partial charge in [-0.05, 0) is 24.5 Å². The van der Waals surface area contributed by atoms with Gasteiger partial charge in [-0.15, -0.1) is 0 Å². The average Bonchev–Trinajstić information content (AvgIpc) is 2.01. The molecule has 0 aliphatic heterocycles. The van der Waals surface area contributed by atoms with Crippen molar-refractivity contribution in [2.24, 2.45) is 0 Å². The minimum Gasteiger partial charge on any atom is -0.508 e. The smallest absolute Gasteiger partial charge is 0.161 e. The third-order valence-corrected chi connectivity index (χ3v) is 1.62. The van der Waals surface area contributed by atoms with E-state index in [9.17, 15) is 5.11 Å². The van der Waals surface area contributed by atoms with Crippen molar-refractivity contribution in [3.8, 4) is 17.2 Å². The van der Waals surface area contributed by atoms with Crippen molar-refractivity contribution in [2.45, 2.75) is 12.8 Å². The molecule has 0 atom stereocenters. The Bertz CT molecular complexity index is 281. The molecule has 0 aliphatic rings. The normalized spacial score (nSPS) is 10.1. The number of hydrogen-bond acceptors (Lipinski definition) is 3. The molecule has 0 amide bonds. The summed E-state index contributed by atoms with van der Waals surface area (Å²) in [5.41, 5.74) is 0.598. The van der Waals surface area contributed by atoms with Crippen molar-refractivity contribution < 1.29 is 15.3 Å². The van der Waals surface area contributed by atoms with Crippen LogP contribution in [0, 0.1) is 6.92 Å². The number of phenolic OH excluding ortho intramolecular Hbond substituents is 3. The second-order valence-electron chi connectivity index (χ2n) is 2.57. The molecule has 65 valence electrons. The zero-order valence-electron chi connectivity index (χ0n) is 6.62. The second kappa shape index (κ2) is 3.34. The van der Waals surface area contributed by atoms with Gasteiger partial charge in [0.1, 0.15) is 5.75 Å². The molecule has 0 fully saturated rings. The molecule has 0 heterocycles. The predicted molar refractivity (Wildman–Crippen MR) is 45.1 cm³/mol. The van der Waals surface area contributed by atoms with Gasteiger partial charge in [0.2, 0.25) is 0 Å². The number of aromatic hydroxyl groups is 3. The van der Waals surface area contributed by atoms with Crippen LogP contribution in [0.15, 0.2) is 12.1 Å². The summed E-state index contributed by atoms with van der Waals surface area (Å²) in [6, 6.07) is 2.47. The number of aryl methyl sites for hydroxylation is 1. The van der Waals surface area contributed by atoms with Crippen molar-refractivity contribution >= 4 is 0 Å². The molecule has 0 unspecified atom stereocenters. The lowest BCUT2D eigenvalue weighted by atomic mass is 10.1. The van der Waals surface area contributed by atoms with Crippen molar-refractivity contribution in [1.29, 1.82) is 0 Å². The maximum Gasteiger partial charge on any atom is 0.161 e. The summed E-state index contributed by atoms with van der Waals surface area (Å²) in [7, 11) is 0. The molecule has 1 aromatic carbocycles. The van der Waals surface area contributed by atoms with Gasteiger partial charge in [-0.25, -0.2) is 0 Å². The van der Waals surface area contributed by atoms with Gasteiger partial charge in [0.15, 0.2) is 11.5 Å². The molecule has 3 N–H and O–H groups in total. The summed E-state index contributed by atoms with van der Waals surface area (Å²) in [6.07, 6.45) is 1.22. The Morgan fingerprint density at radius 1 is 1.00 bits per heavy atom. The number of rotatable bonds is 2. The van der Waals surface area contributed by atoms with E-state index in [1.165, 1.54) is 6.07 Å². The first-order valence-corrected chi connectivity index (χ1v) is 3.68. The third kappa shape index (κ3) is 1.61. The van der Waals surface area contributed by atoms with Gasteiger partial charge in [0.25, 0.3) is 0 Å². The summed E-state index contributed by atoms with van der Waals surface area (Å²) in [6.45, 7) is 3.62. The topological polar surface area (TPSA) is 60.7 Å². The summed E-state index contributed by atoms with van der Waals surface area (Å²) < 4.78 is 0. The van der Waals surface area contributed by atoms with Crippen LogP contribution in [0.1, 0.15) is 12.0 Å². The molecule has 1 aromatic rings. The number of phenols is 3. The first-order valence-electron chi connectivity index (χ1n) is 3.68. The third-order valence-electron chi connectivity index (χ3n) is 1.62. The molecule has 3 heteroatoms. The Kier molecular flexibility index (Phi) is 2.43. The Labute approximate surface area is 70.9 Å². The Hall–Kier alpha value is -1.38. The van der Waals surface area contributed by atoms with Crippen LogP contribution in [0.2, 0.25) is 0 Å². The van der Waals surface area contributed by atoms with Crippen LogP contribution in [0.4, 0.5) is 0 Å². The Balaban J connectivity index is 3.05. The molecule has 3 nitrogen and oxygen atoms in total. The molecule has 0 aromatic heterocycles. The molecule has 0 saturated carbocycles. The highest BCUT2D eigenvalue weighted by Gasteiger charge is 2.05. The predicted octanol–water partition coefficient (Wildman–Crippen LogP) is 1.57. The van der Waals surface area contributed by atoms with Crippen LogP contribution >= 0.6 is 0 Å². The van der Waals surface area contributed by atoms with E-state index in [2.05, 4.69) is 6.92 Å². The molecule has 1 rings (SSSR count). The van der Waals surface area contributed by atoms with Crippen LogP contribution in [0.5, 0.6) is 17.2 Å². The molecular weight excluding hydrogens is 156 g/mol. The van der Waals surface area contributed by atoms with Crippen molar-refractivity contribution in [3.05, 3.63) is 24.6 Å². The quantitative estimate of drug-likeness (QED) is 0.463. The van der Waals surface area contributed by atoms with Crippen LogP contribution in [-0.4, -0.2) is 15.3 Å². The molecule has 0 bridgehead atoms. The summed E-state index contributed by atoms with van der Waals surface area (Å²) in [5.74, 6) is -0.523. The van der Waals surface area contributed by atoms with Gasteiger partial charge < -0.3 is 15.3 Å². The summed E-state index contributed by atoms with van der Waals surface area (Å²) in [4.78, 5) is 0. The number of benzene rings is 1. The van der Waals surface area contributed by atoms with E-state index >= 15 is 0 Å². The van der Waals surface area contributed by atoms with E-state index in [1.54, 1.807) is 0 Å². The van der Waals surface area contributed by atoms with Crippen LogP contribution < -0.4 is 0 Å². The largest absolute Gasteiger partial charge is 0.508 e. The molecule has 1 radical (unpaired) electrons. The highest BCUT2D eigenvalue weighted by atomic mass is 16.3. The fourth-order valence-corrected chi connectivity index (χ4v) is 1.000. The first-order chi connectivity index (χ1) is 5.65. The zero-order valence-corrected chi connectivity index (χ0v) is 6.62. The van der Waals surface area contributed by atoms with Crippen LogP contribution in [-0.2, 0) is 6.42 Å². The molecule has 0 saturated heterocycles. The lowest BCUT2D eigenvalue weighted by molar-refractivity contribution is 0.394. The molecule has 12 heavy (non-hydrogen) atoms. The highest BCUT2D eigenvalue weighted by Crippen LogP contribution is 2.32. The fourth-order valence-electron chi connectivity index (χ4n) is 1.000. The summed E-state index contributed by atoms with van der Waals surface area (Å²) in [5, 5.41) is 27.3. The standard InChI is InChI=1S/C9H11O3/c1-2-3-6-4-8(11)9(12)5-7(6)10/h4-5,10-12H,1-3H2. The lowest BCUT2D eigenvalue weighted by Crippen LogP contribution is -1.84. The minimum atomic E-state index is -0.305. The van der Waals surface area contributed by atoms with E-state index in [0.29, 0.717) is 18.4 Å². The fraction of sp³-hybridized carbons (Fsp3) is 0.222. The van der Waals surface area contributed by atoms with Gasteiger partial charge in [-0.2, -0.15) is 0 Å². The SMILES string of the molecule is [CH2]CCc1cc(O)c(O)cc1O. The molecule has 0 spiro atoms. The lowest BCUT2D eigenvalue weighted by Gasteiger charge is -2.04. The molecule has 0 aliphatic carbocycles. The van der Waals surface area contributed by atoms with Gasteiger partial charge >= 0.3 is 0 Å². The van der Waals surface area contributed by atoms with E-state index in [0.717, 1.165) is 6.07 Å². The van der Waals surface area contributed by atoms with Gasteiger partial charge in [0.05, 0.1) is 0 Å². The second-order valence-corrected chi connectivity index (χ2v) is 2.57. The monoisotopic (exact) mass is 167 g/mol. The Morgan fingerprint density at radius 3 is 2.17 bits per heavy atom. The van der Waals surface area contributed by atoms with Crippen molar-refractivity contribution in [2.75, 3.05) is 0 Å². The minimum absolute atomic E-state index is 0.00560. The van der Waals surface area contributed by atoms with E-state index in [1.807, 2.05) is 0 Å². The van der Waals surface area contributed by atoms with Crippen LogP contribution in [0.25, 0.3) is 0 Å². The maximum atomic E-state index is 9.25. The highest BCUT2D eigenvalue weighted by molar-refractivity contribution is 5.48. The van der Waals surface area contributed by atoms with Gasteiger partial charge in [-0.1, -0.05) is 6.92 Å². The van der Waals surface area contributed by atoms with Crippen molar-refractivity contribution in [3.63, 3.8) is 0 Å². The first kappa shape index (κ1) is 8.71. The number of hydrogen-bond donors (Lipinski definition) is 3. The zero-order chi connectivity index (χ0) is 9.14. The van der Waals surface area contributed by atoms with Gasteiger partial charge in [-0.3, -0.25) is 0 Å². The maximum absolute atomic E-state index is 9.25. The average molecular weight is 167 g/mol. The van der Waals surface area contributed by atoms with Crippen molar-refractivity contribution in [1.82, 2.24) is 0 Å². The van der Waals surface area contributed by atoms with E-state index in [-0.39, 0.29) is 17.2 Å². The van der Waals surface area contributed by atoms with E-state index in [4.69, 9.17) is 10.2 Å².